The Labute approximate surface area is 115 Å². The van der Waals surface area contributed by atoms with Gasteiger partial charge in [-0.3, -0.25) is 4.79 Å². The van der Waals surface area contributed by atoms with Crippen molar-refractivity contribution in [2.24, 2.45) is 5.73 Å². The van der Waals surface area contributed by atoms with Crippen LogP contribution in [0.2, 0.25) is 0 Å². The van der Waals surface area contributed by atoms with Gasteiger partial charge in [0.15, 0.2) is 0 Å². The summed E-state index contributed by atoms with van der Waals surface area (Å²) in [5.41, 5.74) is 8.20. The number of hydrogen-bond donors (Lipinski definition) is 2. The largest absolute Gasteiger partial charge is 0.383 e. The lowest BCUT2D eigenvalue weighted by molar-refractivity contribution is -0.121. The summed E-state index contributed by atoms with van der Waals surface area (Å²) in [4.78, 5) is 11.7. The second-order valence-corrected chi connectivity index (χ2v) is 4.84. The molecule has 0 radical (unpaired) electrons. The highest BCUT2D eigenvalue weighted by Crippen LogP contribution is 2.06. The Kier molecular flexibility index (Phi) is 7.15. The van der Waals surface area contributed by atoms with E-state index in [9.17, 15) is 4.79 Å². The van der Waals surface area contributed by atoms with Crippen molar-refractivity contribution in [1.82, 2.24) is 5.32 Å². The molecule has 4 nitrogen and oxygen atoms in total. The Bertz CT molecular complexity index is 393. The third-order valence-electron chi connectivity index (χ3n) is 2.94. The lowest BCUT2D eigenvalue weighted by Gasteiger charge is -2.11. The fourth-order valence-electron chi connectivity index (χ4n) is 1.91. The molecule has 0 aliphatic rings. The summed E-state index contributed by atoms with van der Waals surface area (Å²) in [6.07, 6.45) is 2.03. The quantitative estimate of drug-likeness (QED) is 0.746. The van der Waals surface area contributed by atoms with Crippen LogP contribution in [0.4, 0.5) is 0 Å². The van der Waals surface area contributed by atoms with Gasteiger partial charge < -0.3 is 15.8 Å². The molecule has 4 heteroatoms. The van der Waals surface area contributed by atoms with Gasteiger partial charge >= 0.3 is 0 Å². The molecule has 0 fully saturated rings. The van der Waals surface area contributed by atoms with Crippen molar-refractivity contribution in [2.75, 3.05) is 20.3 Å². The molecule has 0 heterocycles. The van der Waals surface area contributed by atoms with Gasteiger partial charge in [-0.2, -0.15) is 0 Å². The minimum Gasteiger partial charge on any atom is -0.383 e. The topological polar surface area (TPSA) is 64.3 Å². The summed E-state index contributed by atoms with van der Waals surface area (Å²) in [6.45, 7) is 3.19. The molecule has 0 aromatic heterocycles. The molecule has 1 rings (SSSR count). The number of amides is 1. The van der Waals surface area contributed by atoms with E-state index in [1.54, 1.807) is 7.11 Å². The molecule has 3 N–H and O–H groups in total. The molecule has 106 valence electrons. The number of methoxy groups -OCH3 is 1. The van der Waals surface area contributed by atoms with E-state index < -0.39 is 0 Å². The van der Waals surface area contributed by atoms with Gasteiger partial charge in [0.25, 0.3) is 0 Å². The molecule has 1 amide bonds. The number of rotatable bonds is 8. The lowest BCUT2D eigenvalue weighted by atomic mass is 10.1. The number of nitrogens with two attached hydrogens (primary N) is 1. The third kappa shape index (κ3) is 6.94. The Morgan fingerprint density at radius 2 is 2.26 bits per heavy atom. The summed E-state index contributed by atoms with van der Waals surface area (Å²) in [5.74, 6) is 0.0751. The zero-order valence-corrected chi connectivity index (χ0v) is 11.8. The van der Waals surface area contributed by atoms with Crippen molar-refractivity contribution in [1.29, 1.82) is 0 Å². The maximum Gasteiger partial charge on any atom is 0.220 e. The first-order valence-electron chi connectivity index (χ1n) is 6.68. The molecule has 1 unspecified atom stereocenters. The van der Waals surface area contributed by atoms with E-state index >= 15 is 0 Å². The van der Waals surface area contributed by atoms with Gasteiger partial charge in [-0.25, -0.2) is 0 Å². The van der Waals surface area contributed by atoms with Gasteiger partial charge in [0.2, 0.25) is 5.91 Å². The number of carbonyl (C=O) groups excluding carboxylic acids is 1. The van der Waals surface area contributed by atoms with Crippen LogP contribution in [0, 0.1) is 6.92 Å². The van der Waals surface area contributed by atoms with Gasteiger partial charge in [-0.05, 0) is 25.3 Å². The van der Waals surface area contributed by atoms with Crippen LogP contribution in [0.5, 0.6) is 0 Å². The minimum absolute atomic E-state index is 0.0120. The summed E-state index contributed by atoms with van der Waals surface area (Å²) >= 11 is 0. The van der Waals surface area contributed by atoms with Gasteiger partial charge in [0.05, 0.1) is 6.61 Å². The second kappa shape index (κ2) is 8.67. The fraction of sp³-hybridized carbons (Fsp3) is 0.533. The normalized spacial score (nSPS) is 12.2. The first-order chi connectivity index (χ1) is 9.11. The SMILES string of the molecule is COCC(N)CCNC(=O)CCc1cccc(C)c1. The first-order valence-corrected chi connectivity index (χ1v) is 6.68. The molecule has 0 aliphatic carbocycles. The number of carbonyl (C=O) groups is 1. The summed E-state index contributed by atoms with van der Waals surface area (Å²) in [6, 6.07) is 8.23. The Morgan fingerprint density at radius 1 is 1.47 bits per heavy atom. The van der Waals surface area contributed by atoms with E-state index in [1.165, 1.54) is 11.1 Å². The zero-order valence-electron chi connectivity index (χ0n) is 11.8. The van der Waals surface area contributed by atoms with Gasteiger partial charge in [-0.1, -0.05) is 29.8 Å². The molecule has 0 spiro atoms. The van der Waals surface area contributed by atoms with Crippen LogP contribution in [0.3, 0.4) is 0 Å². The summed E-state index contributed by atoms with van der Waals surface area (Å²) in [7, 11) is 1.63. The second-order valence-electron chi connectivity index (χ2n) is 4.84. The number of benzene rings is 1. The zero-order chi connectivity index (χ0) is 14.1. The van der Waals surface area contributed by atoms with Crippen LogP contribution in [0.15, 0.2) is 24.3 Å². The van der Waals surface area contributed by atoms with Crippen molar-refractivity contribution in [2.45, 2.75) is 32.2 Å². The van der Waals surface area contributed by atoms with Crippen LogP contribution in [-0.2, 0) is 16.0 Å². The number of aryl methyl sites for hydroxylation is 2. The molecular weight excluding hydrogens is 240 g/mol. The average molecular weight is 264 g/mol. The maximum absolute atomic E-state index is 11.7. The molecule has 0 bridgehead atoms. The van der Waals surface area contributed by atoms with Crippen molar-refractivity contribution in [3.05, 3.63) is 35.4 Å². The first kappa shape index (κ1) is 15.7. The van der Waals surface area contributed by atoms with Crippen molar-refractivity contribution in [3.8, 4) is 0 Å². The minimum atomic E-state index is -0.0120. The highest BCUT2D eigenvalue weighted by molar-refractivity contribution is 5.76. The standard InChI is InChI=1S/C15H24N2O2/c1-12-4-3-5-13(10-12)6-7-15(18)17-9-8-14(16)11-19-2/h3-5,10,14H,6-9,11,16H2,1-2H3,(H,17,18). The molecule has 19 heavy (non-hydrogen) atoms. The maximum atomic E-state index is 11.7. The fourth-order valence-corrected chi connectivity index (χ4v) is 1.91. The molecule has 1 atom stereocenters. The third-order valence-corrected chi connectivity index (χ3v) is 2.94. The van der Waals surface area contributed by atoms with Crippen LogP contribution < -0.4 is 11.1 Å². The summed E-state index contributed by atoms with van der Waals surface area (Å²) in [5, 5.41) is 2.88. The molecular formula is C15H24N2O2. The Balaban J connectivity index is 2.18. The van der Waals surface area contributed by atoms with Gasteiger partial charge in [0, 0.05) is 26.1 Å². The monoisotopic (exact) mass is 264 g/mol. The number of ether oxygens (including phenoxy) is 1. The highest BCUT2D eigenvalue weighted by atomic mass is 16.5. The lowest BCUT2D eigenvalue weighted by Crippen LogP contribution is -2.32. The van der Waals surface area contributed by atoms with Crippen molar-refractivity contribution in [3.63, 3.8) is 0 Å². The van der Waals surface area contributed by atoms with E-state index in [4.69, 9.17) is 10.5 Å². The predicted octanol–water partition coefficient (Wildman–Crippen LogP) is 1.41. The van der Waals surface area contributed by atoms with E-state index in [-0.39, 0.29) is 11.9 Å². The Hall–Kier alpha value is -1.39. The van der Waals surface area contributed by atoms with Gasteiger partial charge in [-0.15, -0.1) is 0 Å². The van der Waals surface area contributed by atoms with Crippen LogP contribution in [-0.4, -0.2) is 32.2 Å². The predicted molar refractivity (Wildman–Crippen MR) is 77.0 cm³/mol. The molecule has 0 aliphatic heterocycles. The van der Waals surface area contributed by atoms with E-state index in [0.29, 0.717) is 19.6 Å². The smallest absolute Gasteiger partial charge is 0.220 e. The van der Waals surface area contributed by atoms with Crippen LogP contribution >= 0.6 is 0 Å². The summed E-state index contributed by atoms with van der Waals surface area (Å²) < 4.78 is 4.94. The molecule has 0 saturated carbocycles. The van der Waals surface area contributed by atoms with Gasteiger partial charge in [0.1, 0.15) is 0 Å². The molecule has 0 saturated heterocycles. The molecule has 1 aromatic carbocycles. The molecule has 1 aromatic rings. The van der Waals surface area contributed by atoms with Crippen LogP contribution in [0.25, 0.3) is 0 Å². The van der Waals surface area contributed by atoms with E-state index in [2.05, 4.69) is 30.4 Å². The van der Waals surface area contributed by atoms with Crippen LogP contribution in [0.1, 0.15) is 24.0 Å². The highest BCUT2D eigenvalue weighted by Gasteiger charge is 2.05. The Morgan fingerprint density at radius 3 is 2.95 bits per heavy atom. The number of nitrogens with one attached hydrogen (secondary N) is 1. The van der Waals surface area contributed by atoms with E-state index in [0.717, 1.165) is 12.8 Å². The van der Waals surface area contributed by atoms with E-state index in [1.807, 2.05) is 6.07 Å². The average Bonchev–Trinajstić information content (AvgIpc) is 2.37. The van der Waals surface area contributed by atoms with Crippen molar-refractivity contribution < 1.29 is 9.53 Å². The number of hydrogen-bond acceptors (Lipinski definition) is 3. The van der Waals surface area contributed by atoms with Crippen molar-refractivity contribution >= 4 is 5.91 Å².